The summed E-state index contributed by atoms with van der Waals surface area (Å²) in [5.41, 5.74) is 0. The van der Waals surface area contributed by atoms with Gasteiger partial charge in [0.1, 0.15) is 0 Å². The van der Waals surface area contributed by atoms with Gasteiger partial charge in [-0.25, -0.2) is 0 Å². The third-order valence-corrected chi connectivity index (χ3v) is 0. The third kappa shape index (κ3) is 8.82. The molecule has 0 heterocycles. The van der Waals surface area contributed by atoms with Crippen molar-refractivity contribution >= 4 is 33.2 Å². The average Bonchev–Trinajstić information content (AvgIpc) is 0.918. The Morgan fingerprint density at radius 1 is 1.75 bits per heavy atom. The second-order valence-electron chi connectivity index (χ2n) is 0.129. The van der Waals surface area contributed by atoms with Crippen molar-refractivity contribution in [3.8, 4) is 0 Å². The van der Waals surface area contributed by atoms with Crippen LogP contribution >= 0.6 is 0 Å². The number of hydrogen-bond acceptors (Lipinski definition) is 0. The van der Waals surface area contributed by atoms with Crippen molar-refractivity contribution in [3.05, 3.63) is 0 Å². The van der Waals surface area contributed by atoms with Crippen molar-refractivity contribution in [1.29, 1.82) is 0 Å². The summed E-state index contributed by atoms with van der Waals surface area (Å²) in [5.74, 6) is 0. The Kier molecular flexibility index (Phi) is 22.2. The topological polar surface area (TPSA) is 0 Å². The molecular weight excluding hydrogens is 337 g/mol. The molecule has 0 nitrogen and oxygen atoms in total. The Hall–Kier alpha value is 2.56. The van der Waals surface area contributed by atoms with Crippen LogP contribution in [0.2, 0.25) is 0 Å². The van der Waals surface area contributed by atoms with Crippen LogP contribution in [0.4, 0.5) is 0 Å². The molecule has 0 spiro atoms. The molecule has 0 aromatic carbocycles. The zero-order chi connectivity index (χ0) is 2.71. The molecule has 0 aliphatic carbocycles. The van der Waals surface area contributed by atoms with Crippen molar-refractivity contribution in [2.75, 3.05) is 0 Å². The average molecular weight is 338 g/mol. The zero-order valence-electron chi connectivity index (χ0n) is 2.27. The fourth-order valence-corrected chi connectivity index (χ4v) is 0. The second-order valence-corrected chi connectivity index (χ2v) is 23.4. The van der Waals surface area contributed by atoms with Gasteiger partial charge in [0, 0.05) is 19.5 Å². The smallest absolute Gasteiger partial charge is 0 e. The van der Waals surface area contributed by atoms with Crippen LogP contribution in [0.3, 0.4) is 0 Å². The molecule has 0 rings (SSSR count). The van der Waals surface area contributed by atoms with Crippen LogP contribution in [0.25, 0.3) is 0 Å². The molecule has 0 N–H and O–H groups in total. The van der Waals surface area contributed by atoms with Crippen molar-refractivity contribution in [2.45, 2.75) is 0 Å². The fourth-order valence-electron chi connectivity index (χ4n) is 0. The second kappa shape index (κ2) is 9.12. The van der Waals surface area contributed by atoms with E-state index in [1.165, 1.54) is 0 Å². The first-order chi connectivity index (χ1) is 1.41. The van der Waals surface area contributed by atoms with Crippen molar-refractivity contribution in [1.82, 2.24) is 0 Å². The standard InChI is InChI=1S/H2Se.Te.2Zn/h1H2;;;/q;;;+1/p-1. The van der Waals surface area contributed by atoms with E-state index in [9.17, 15) is 0 Å². The van der Waals surface area contributed by atoms with E-state index in [4.69, 9.17) is 0 Å². The Bertz CT molecular complexity index is 6.00. The van der Waals surface area contributed by atoms with E-state index in [-0.39, 0.29) is 31.2 Å². The van der Waals surface area contributed by atoms with E-state index in [2.05, 4.69) is 33.2 Å². The molecule has 0 saturated heterocycles. The minimum absolute atomic E-state index is 0. The Balaban J connectivity index is 0. The fraction of sp³-hybridized carbons (Fsp3) is 0. The predicted octanol–water partition coefficient (Wildman–Crippen LogP) is -1.03. The van der Waals surface area contributed by atoms with Crippen LogP contribution in [0.1, 0.15) is 0 Å². The van der Waals surface area contributed by atoms with Crippen LogP contribution in [0, 0.1) is 0 Å². The van der Waals surface area contributed by atoms with Gasteiger partial charge in [-0.2, -0.15) is 0 Å². The quantitative estimate of drug-likeness (QED) is 0.496. The van der Waals surface area contributed by atoms with E-state index >= 15 is 0 Å². The summed E-state index contributed by atoms with van der Waals surface area (Å²) in [6, 6.07) is 0. The molecule has 4 heteroatoms. The Labute approximate surface area is 63.2 Å². The van der Waals surface area contributed by atoms with E-state index in [0.717, 1.165) is 0 Å². The van der Waals surface area contributed by atoms with Crippen LogP contribution < -0.4 is 0 Å². The molecule has 0 aromatic heterocycles. The van der Waals surface area contributed by atoms with Crippen LogP contribution in [-0.2, 0) is 31.2 Å². The summed E-state index contributed by atoms with van der Waals surface area (Å²) < 4.78 is 0. The van der Waals surface area contributed by atoms with Gasteiger partial charge in [-0.05, 0) is 0 Å². The molecule has 0 saturated carbocycles. The summed E-state index contributed by atoms with van der Waals surface area (Å²) in [7, 11) is 0. The third-order valence-electron chi connectivity index (χ3n) is 0. The Morgan fingerprint density at radius 2 is 1.75 bits per heavy atom. The van der Waals surface area contributed by atoms with E-state index in [1.54, 1.807) is 0 Å². The first-order valence-electron chi connectivity index (χ1n) is 0.605. The monoisotopic (exact) mass is 339 g/mol. The normalized spacial score (nSPS) is 2.50. The first-order valence-corrected chi connectivity index (χ1v) is 18.6. The molecule has 4 heavy (non-hydrogen) atoms. The van der Waals surface area contributed by atoms with Gasteiger partial charge in [0.25, 0.3) is 0 Å². The number of hydrogen-bond donors (Lipinski definition) is 0. The van der Waals surface area contributed by atoms with E-state index < -0.39 is 0 Å². The van der Waals surface area contributed by atoms with Crippen LogP contribution in [0.15, 0.2) is 0 Å². The van der Waals surface area contributed by atoms with Gasteiger partial charge in [-0.1, -0.05) is 0 Å². The van der Waals surface area contributed by atoms with Crippen molar-refractivity contribution in [2.24, 2.45) is 0 Å². The summed E-state index contributed by atoms with van der Waals surface area (Å²) in [4.78, 5) is 0. The number of rotatable bonds is 0. The minimum Gasteiger partial charge on any atom is 0 e. The predicted molar refractivity (Wildman–Crippen MR) is 12.9 cm³/mol. The summed E-state index contributed by atoms with van der Waals surface area (Å²) in [6.45, 7) is 0. The SMILES string of the molecule is [SeH][Zn][Te].[Zn]. The van der Waals surface area contributed by atoms with Crippen molar-refractivity contribution < 1.29 is 31.2 Å². The molecule has 1 radical (unpaired) electrons. The van der Waals surface area contributed by atoms with Gasteiger partial charge in [0.2, 0.25) is 0 Å². The molecule has 0 bridgehead atoms. The Morgan fingerprint density at radius 3 is 1.75 bits per heavy atom. The molecule has 0 atom stereocenters. The summed E-state index contributed by atoms with van der Waals surface area (Å²) in [6.07, 6.45) is 0. The molecule has 0 aliphatic heterocycles. The molecule has 0 aromatic rings. The molecule has 0 fully saturated rings. The molecular formula is HSeTeZn2. The van der Waals surface area contributed by atoms with Gasteiger partial charge in [0.05, 0.1) is 0 Å². The van der Waals surface area contributed by atoms with Gasteiger partial charge < -0.3 is 0 Å². The molecule has 0 aliphatic rings. The maximum atomic E-state index is 2.66. The summed E-state index contributed by atoms with van der Waals surface area (Å²) in [5, 5.41) is 0. The van der Waals surface area contributed by atoms with Gasteiger partial charge >= 0.3 is 44.9 Å². The van der Waals surface area contributed by atoms with Crippen LogP contribution in [0.5, 0.6) is 0 Å². The van der Waals surface area contributed by atoms with E-state index in [1.807, 2.05) is 0 Å². The van der Waals surface area contributed by atoms with Crippen molar-refractivity contribution in [3.63, 3.8) is 0 Å². The zero-order valence-corrected chi connectivity index (χ0v) is 12.4. The maximum absolute atomic E-state index is 2.66. The minimum atomic E-state index is 0. The van der Waals surface area contributed by atoms with E-state index in [0.29, 0.717) is 0 Å². The van der Waals surface area contributed by atoms with Crippen LogP contribution in [-0.4, -0.2) is 33.2 Å². The van der Waals surface area contributed by atoms with Gasteiger partial charge in [0.15, 0.2) is 0 Å². The molecule has 0 unspecified atom stereocenters. The first kappa shape index (κ1) is 9.75. The van der Waals surface area contributed by atoms with Gasteiger partial charge in [-0.3, -0.25) is 0 Å². The maximum Gasteiger partial charge on any atom is 0 e. The van der Waals surface area contributed by atoms with Gasteiger partial charge in [-0.15, -0.1) is 0 Å². The summed E-state index contributed by atoms with van der Waals surface area (Å²) >= 11 is 4.96. The molecule has 0 amide bonds. The molecule has 17 valence electrons. The largest absolute Gasteiger partial charge is 0 e.